The van der Waals surface area contributed by atoms with E-state index in [2.05, 4.69) is 5.43 Å². The lowest BCUT2D eigenvalue weighted by atomic mass is 9.48. The SMILES string of the molecule is COc1ccc([C@@]23C(=O)N(Nc4ccc(Cl)cc4Cl)C(=O)[C@@H]2C[C@@H]2C(=CC[C@@H]4C(=O)N(c5cccc(C(=O)O)c5)C(=O)[C@@H]42)[C@@H]3c2c(O)ccc3ccccc23)cc1. The minimum atomic E-state index is -1.69. The van der Waals surface area contributed by atoms with Crippen LogP contribution < -0.4 is 15.1 Å². The van der Waals surface area contributed by atoms with E-state index >= 15 is 9.59 Å². The number of carboxylic acid groups (broad SMARTS) is 1. The fourth-order valence-electron chi connectivity index (χ4n) is 9.78. The van der Waals surface area contributed by atoms with E-state index < -0.39 is 64.6 Å². The third-order valence-electron chi connectivity index (χ3n) is 12.2. The molecule has 4 aliphatic rings. The number of nitrogens with one attached hydrogen (secondary N) is 1. The average Bonchev–Trinajstić information content (AvgIpc) is 3.59. The summed E-state index contributed by atoms with van der Waals surface area (Å²) in [6.45, 7) is 0. The molecule has 0 radical (unpaired) electrons. The van der Waals surface area contributed by atoms with Gasteiger partial charge in [-0.15, -0.1) is 0 Å². The number of halogens is 2. The average molecular weight is 803 g/mol. The van der Waals surface area contributed by atoms with Crippen molar-refractivity contribution in [2.75, 3.05) is 17.4 Å². The third-order valence-corrected chi connectivity index (χ3v) is 12.7. The Kier molecular flexibility index (Phi) is 8.63. The van der Waals surface area contributed by atoms with Gasteiger partial charge in [-0.05, 0) is 89.7 Å². The van der Waals surface area contributed by atoms with Crippen LogP contribution in [-0.2, 0) is 24.6 Å². The molecule has 3 fully saturated rings. The molecule has 57 heavy (non-hydrogen) atoms. The molecule has 286 valence electrons. The molecule has 11 nitrogen and oxygen atoms in total. The smallest absolute Gasteiger partial charge is 0.335 e. The van der Waals surface area contributed by atoms with Gasteiger partial charge >= 0.3 is 5.97 Å². The quantitative estimate of drug-likeness (QED) is 0.111. The molecule has 5 aromatic carbocycles. The summed E-state index contributed by atoms with van der Waals surface area (Å²) in [6, 6.07) is 28.0. The molecule has 13 heteroatoms. The van der Waals surface area contributed by atoms with Crippen molar-refractivity contribution in [3.63, 3.8) is 0 Å². The Balaban J connectivity index is 1.28. The normalized spacial score (nSPS) is 25.2. The van der Waals surface area contributed by atoms with Crippen LogP contribution in [0.5, 0.6) is 11.5 Å². The van der Waals surface area contributed by atoms with Gasteiger partial charge in [-0.1, -0.05) is 83.4 Å². The third kappa shape index (κ3) is 5.36. The molecule has 5 aromatic rings. The Morgan fingerprint density at radius 2 is 1.63 bits per heavy atom. The number of amides is 4. The summed E-state index contributed by atoms with van der Waals surface area (Å²) in [5, 5.41) is 24.6. The van der Waals surface area contributed by atoms with E-state index in [1.807, 2.05) is 30.3 Å². The van der Waals surface area contributed by atoms with Crippen LogP contribution in [0, 0.1) is 23.7 Å². The highest BCUT2D eigenvalue weighted by Gasteiger charge is 2.71. The molecule has 0 unspecified atom stereocenters. The summed E-state index contributed by atoms with van der Waals surface area (Å²) in [6.07, 6.45) is 2.03. The lowest BCUT2D eigenvalue weighted by Crippen LogP contribution is -2.53. The number of carbonyl (C=O) groups is 5. The molecule has 0 aromatic heterocycles. The number of nitrogens with zero attached hydrogens (tertiary/aromatic N) is 2. The van der Waals surface area contributed by atoms with Gasteiger partial charge in [0.25, 0.3) is 11.8 Å². The van der Waals surface area contributed by atoms with Crippen molar-refractivity contribution in [1.29, 1.82) is 0 Å². The van der Waals surface area contributed by atoms with Crippen LogP contribution in [0.1, 0.15) is 40.2 Å². The number of phenols is 1. The minimum Gasteiger partial charge on any atom is -0.508 e. The number of methoxy groups -OCH3 is 1. The highest BCUT2D eigenvalue weighted by molar-refractivity contribution is 6.36. The maximum Gasteiger partial charge on any atom is 0.335 e. The summed E-state index contributed by atoms with van der Waals surface area (Å²) in [5.74, 6) is -7.62. The van der Waals surface area contributed by atoms with Crippen molar-refractivity contribution in [3.8, 4) is 11.5 Å². The van der Waals surface area contributed by atoms with Gasteiger partial charge in [-0.2, -0.15) is 5.01 Å². The van der Waals surface area contributed by atoms with Gasteiger partial charge in [0.15, 0.2) is 0 Å². The number of aromatic carboxylic acids is 1. The molecule has 9 rings (SSSR count). The number of fused-ring (bicyclic) bond motifs is 5. The zero-order valence-corrected chi connectivity index (χ0v) is 31.7. The number of hydrogen-bond donors (Lipinski definition) is 3. The first-order valence-corrected chi connectivity index (χ1v) is 19.1. The van der Waals surface area contributed by atoms with Gasteiger partial charge in [-0.25, -0.2) is 4.79 Å². The fourth-order valence-corrected chi connectivity index (χ4v) is 10.2. The number of aromatic hydroxyl groups is 1. The zero-order chi connectivity index (χ0) is 39.9. The number of carbonyl (C=O) groups excluding carboxylic acids is 4. The Morgan fingerprint density at radius 1 is 0.860 bits per heavy atom. The highest BCUT2D eigenvalue weighted by Crippen LogP contribution is 2.65. The van der Waals surface area contributed by atoms with Gasteiger partial charge in [0, 0.05) is 16.5 Å². The molecule has 2 heterocycles. The Hall–Kier alpha value is -6.17. The van der Waals surface area contributed by atoms with Crippen LogP contribution in [0.4, 0.5) is 11.4 Å². The van der Waals surface area contributed by atoms with Crippen molar-refractivity contribution in [2.45, 2.75) is 24.2 Å². The maximum absolute atomic E-state index is 15.6. The number of phenolic OH excluding ortho intramolecular Hbond substituents is 1. The molecule has 0 bridgehead atoms. The van der Waals surface area contributed by atoms with Gasteiger partial charge in [0.2, 0.25) is 11.8 Å². The number of hydrazine groups is 1. The Bertz CT molecular complexity index is 2610. The minimum absolute atomic E-state index is 0.000185. The first kappa shape index (κ1) is 36.5. The number of ether oxygens (including phenoxy) is 1. The Labute approximate surface area is 336 Å². The van der Waals surface area contributed by atoms with E-state index in [-0.39, 0.29) is 40.6 Å². The number of allylic oxidation sites excluding steroid dienone is 2. The van der Waals surface area contributed by atoms with Crippen molar-refractivity contribution in [2.24, 2.45) is 23.7 Å². The van der Waals surface area contributed by atoms with Crippen LogP contribution in [0.15, 0.2) is 115 Å². The van der Waals surface area contributed by atoms with E-state index in [0.717, 1.165) is 15.3 Å². The van der Waals surface area contributed by atoms with E-state index in [1.165, 1.54) is 37.4 Å². The summed E-state index contributed by atoms with van der Waals surface area (Å²) < 4.78 is 5.49. The van der Waals surface area contributed by atoms with Crippen molar-refractivity contribution in [1.82, 2.24) is 5.01 Å². The van der Waals surface area contributed by atoms with E-state index in [0.29, 0.717) is 32.9 Å². The Morgan fingerprint density at radius 3 is 2.37 bits per heavy atom. The summed E-state index contributed by atoms with van der Waals surface area (Å²) in [7, 11) is 1.52. The molecule has 0 spiro atoms. The van der Waals surface area contributed by atoms with Gasteiger partial charge < -0.3 is 14.9 Å². The van der Waals surface area contributed by atoms with Crippen molar-refractivity contribution >= 4 is 74.9 Å². The van der Waals surface area contributed by atoms with Crippen LogP contribution in [0.3, 0.4) is 0 Å². The topological polar surface area (TPSA) is 154 Å². The van der Waals surface area contributed by atoms with Crippen molar-refractivity contribution < 1.29 is 38.9 Å². The lowest BCUT2D eigenvalue weighted by molar-refractivity contribution is -0.138. The monoisotopic (exact) mass is 801 g/mol. The summed E-state index contributed by atoms with van der Waals surface area (Å²) >= 11 is 12.8. The molecular formula is C44H33Cl2N3O8. The van der Waals surface area contributed by atoms with Crippen LogP contribution in [0.2, 0.25) is 10.0 Å². The molecule has 2 saturated heterocycles. The molecule has 1 saturated carbocycles. The van der Waals surface area contributed by atoms with Gasteiger partial charge in [0.05, 0.1) is 52.2 Å². The molecule has 6 atom stereocenters. The predicted molar refractivity (Wildman–Crippen MR) is 212 cm³/mol. The summed E-state index contributed by atoms with van der Waals surface area (Å²) in [5.41, 5.74) is 3.12. The van der Waals surface area contributed by atoms with Gasteiger partial charge in [-0.3, -0.25) is 29.5 Å². The molecule has 3 N–H and O–H groups in total. The first-order chi connectivity index (χ1) is 27.4. The maximum atomic E-state index is 15.6. The number of anilines is 2. The summed E-state index contributed by atoms with van der Waals surface area (Å²) in [4.78, 5) is 72.6. The number of hydrogen-bond acceptors (Lipinski definition) is 8. The van der Waals surface area contributed by atoms with Crippen LogP contribution >= 0.6 is 23.2 Å². The molecule has 2 aliphatic carbocycles. The number of rotatable bonds is 7. The molecule has 4 amide bonds. The second-order valence-electron chi connectivity index (χ2n) is 14.8. The molecular weight excluding hydrogens is 769 g/mol. The van der Waals surface area contributed by atoms with E-state index in [1.54, 1.807) is 48.5 Å². The number of carboxylic acids is 1. The second-order valence-corrected chi connectivity index (χ2v) is 15.6. The second kappa shape index (κ2) is 13.5. The fraction of sp³-hybridized carbons (Fsp3) is 0.205. The van der Waals surface area contributed by atoms with E-state index in [9.17, 15) is 24.6 Å². The number of benzene rings is 5. The van der Waals surface area contributed by atoms with Crippen LogP contribution in [0.25, 0.3) is 10.8 Å². The number of imide groups is 2. The first-order valence-electron chi connectivity index (χ1n) is 18.3. The molecule has 2 aliphatic heterocycles. The largest absolute Gasteiger partial charge is 0.508 e. The lowest BCUT2D eigenvalue weighted by Gasteiger charge is -2.51. The zero-order valence-electron chi connectivity index (χ0n) is 30.2. The van der Waals surface area contributed by atoms with E-state index in [4.69, 9.17) is 27.9 Å². The standard InChI is InChI=1S/C44H33Cl2N3O8/c1-57-27-13-10-24(11-14-27)44-32(40(52)49(43(44)56)47-34-17-12-25(45)20-33(34)46)21-31-29(38(44)37-28-8-3-2-5-22(28)9-18-35(37)50)15-16-30-36(31)41(53)48(39(30)51)26-7-4-6-23(19-26)42(54)55/h2-15,17-20,30-32,36,38,47,50H,16,21H2,1H3,(H,54,55)/t30-,31+,32-,36-,38+,44+/m0/s1. The van der Waals surface area contributed by atoms with Gasteiger partial charge in [0.1, 0.15) is 11.5 Å². The predicted octanol–water partition coefficient (Wildman–Crippen LogP) is 7.75. The van der Waals surface area contributed by atoms with Crippen molar-refractivity contribution in [3.05, 3.63) is 142 Å². The highest BCUT2D eigenvalue weighted by atomic mass is 35.5. The van der Waals surface area contributed by atoms with Crippen LogP contribution in [-0.4, -0.2) is 51.9 Å².